The number of ketones is 2. The van der Waals surface area contributed by atoms with Gasteiger partial charge in [0, 0.05) is 12.0 Å². The first-order chi connectivity index (χ1) is 5.27. The summed E-state index contributed by atoms with van der Waals surface area (Å²) in [6.07, 6.45) is 4.51. The Bertz CT molecular complexity index is 334. The number of Topliss-reactive ketones (excluding diaryl/α,β-unsaturated/α-hetero) is 1. The fourth-order valence-electron chi connectivity index (χ4n) is 1.14. The lowest BCUT2D eigenvalue weighted by molar-refractivity contribution is -0.116. The molecular weight excluding hydrogens is 142 g/mol. The average Bonchev–Trinajstić information content (AvgIpc) is 2.33. The Morgan fingerprint density at radius 3 is 2.91 bits per heavy atom. The van der Waals surface area contributed by atoms with Gasteiger partial charge in [0.05, 0.1) is 11.9 Å². The van der Waals surface area contributed by atoms with Crippen molar-refractivity contribution in [1.29, 1.82) is 0 Å². The first-order valence-electron chi connectivity index (χ1n) is 3.30. The van der Waals surface area contributed by atoms with E-state index in [1.54, 1.807) is 6.08 Å². The van der Waals surface area contributed by atoms with Gasteiger partial charge in [-0.15, -0.1) is 0 Å². The monoisotopic (exact) mass is 147 g/mol. The van der Waals surface area contributed by atoms with Crippen molar-refractivity contribution in [2.45, 2.75) is 6.42 Å². The molecule has 0 spiro atoms. The lowest BCUT2D eigenvalue weighted by atomic mass is 10.0. The molecule has 0 amide bonds. The van der Waals surface area contributed by atoms with Crippen molar-refractivity contribution in [3.63, 3.8) is 0 Å². The van der Waals surface area contributed by atoms with Crippen molar-refractivity contribution in [3.8, 4) is 0 Å². The van der Waals surface area contributed by atoms with E-state index >= 15 is 0 Å². The van der Waals surface area contributed by atoms with Gasteiger partial charge in [-0.3, -0.25) is 14.6 Å². The van der Waals surface area contributed by atoms with E-state index < -0.39 is 0 Å². The van der Waals surface area contributed by atoms with Crippen molar-refractivity contribution in [1.82, 2.24) is 0 Å². The summed E-state index contributed by atoms with van der Waals surface area (Å²) in [5, 5.41) is 0. The van der Waals surface area contributed by atoms with Crippen LogP contribution < -0.4 is 0 Å². The number of hydrogen-bond acceptors (Lipinski definition) is 3. The normalized spacial score (nSPS) is 21.5. The molecule has 2 aliphatic rings. The Labute approximate surface area is 63.1 Å². The van der Waals surface area contributed by atoms with Gasteiger partial charge in [-0.05, 0) is 12.2 Å². The summed E-state index contributed by atoms with van der Waals surface area (Å²) in [6, 6.07) is 0. The van der Waals surface area contributed by atoms with Crippen LogP contribution in [0.2, 0.25) is 0 Å². The van der Waals surface area contributed by atoms with Gasteiger partial charge < -0.3 is 0 Å². The van der Waals surface area contributed by atoms with Crippen LogP contribution in [0.3, 0.4) is 0 Å². The highest BCUT2D eigenvalue weighted by Crippen LogP contribution is 2.21. The first-order valence-corrected chi connectivity index (χ1v) is 3.30. The van der Waals surface area contributed by atoms with Crippen LogP contribution in [0.1, 0.15) is 6.42 Å². The molecule has 0 saturated carbocycles. The summed E-state index contributed by atoms with van der Waals surface area (Å²) in [7, 11) is 0. The third-order valence-corrected chi connectivity index (χ3v) is 1.71. The summed E-state index contributed by atoms with van der Waals surface area (Å²) in [5.74, 6) is -0.152. The highest BCUT2D eigenvalue weighted by molar-refractivity contribution is 6.38. The highest BCUT2D eigenvalue weighted by Gasteiger charge is 2.22. The first kappa shape index (κ1) is 6.22. The van der Waals surface area contributed by atoms with Crippen LogP contribution in [0.5, 0.6) is 0 Å². The highest BCUT2D eigenvalue weighted by atomic mass is 16.1. The molecule has 0 radical (unpaired) electrons. The molecule has 3 nitrogen and oxygen atoms in total. The third kappa shape index (κ3) is 0.852. The summed E-state index contributed by atoms with van der Waals surface area (Å²) >= 11 is 0. The molecule has 54 valence electrons. The third-order valence-electron chi connectivity index (χ3n) is 1.71. The van der Waals surface area contributed by atoms with E-state index in [1.807, 2.05) is 0 Å². The topological polar surface area (TPSA) is 46.5 Å². The fourth-order valence-corrected chi connectivity index (χ4v) is 1.14. The minimum atomic E-state index is -0.127. The minimum Gasteiger partial charge on any atom is -0.294 e. The van der Waals surface area contributed by atoms with Crippen LogP contribution in [0.15, 0.2) is 28.4 Å². The number of nitrogens with zero attached hydrogens (tertiary/aromatic N) is 1. The van der Waals surface area contributed by atoms with Crippen molar-refractivity contribution in [2.75, 3.05) is 0 Å². The Balaban J connectivity index is 2.46. The molecule has 1 aliphatic heterocycles. The molecule has 3 heteroatoms. The van der Waals surface area contributed by atoms with Crippen molar-refractivity contribution in [3.05, 3.63) is 23.4 Å². The lowest BCUT2D eigenvalue weighted by Gasteiger charge is -2.02. The second kappa shape index (κ2) is 1.99. The zero-order valence-corrected chi connectivity index (χ0v) is 5.70. The molecule has 0 atom stereocenters. The summed E-state index contributed by atoms with van der Waals surface area (Å²) in [4.78, 5) is 25.6. The second-order valence-corrected chi connectivity index (χ2v) is 2.46. The SMILES string of the molecule is O=C1C=CC2=C(C1)C(=O)C=N2. The summed E-state index contributed by atoms with van der Waals surface area (Å²) in [6.45, 7) is 0. The molecule has 0 fully saturated rings. The maximum Gasteiger partial charge on any atom is 0.202 e. The lowest BCUT2D eigenvalue weighted by Crippen LogP contribution is -2.07. The molecule has 11 heavy (non-hydrogen) atoms. The Kier molecular flexibility index (Phi) is 1.12. The quantitative estimate of drug-likeness (QED) is 0.498. The van der Waals surface area contributed by atoms with E-state index in [2.05, 4.69) is 4.99 Å². The van der Waals surface area contributed by atoms with Crippen molar-refractivity contribution >= 4 is 17.8 Å². The second-order valence-electron chi connectivity index (χ2n) is 2.46. The standard InChI is InChI=1S/C8H5NO2/c10-5-1-2-7-6(3-5)8(11)4-9-7/h1-2,4H,3H2. The number of carbonyl (C=O) groups excluding carboxylic acids is 2. The van der Waals surface area contributed by atoms with Gasteiger partial charge in [-0.2, -0.15) is 0 Å². The predicted octanol–water partition coefficient (Wildman–Crippen LogP) is 0.423. The predicted molar refractivity (Wildman–Crippen MR) is 39.3 cm³/mol. The molecule has 0 unspecified atom stereocenters. The number of carbonyl (C=O) groups is 2. The van der Waals surface area contributed by atoms with Gasteiger partial charge in [-0.1, -0.05) is 0 Å². The van der Waals surface area contributed by atoms with E-state index in [4.69, 9.17) is 0 Å². The number of rotatable bonds is 0. The van der Waals surface area contributed by atoms with Crippen molar-refractivity contribution in [2.24, 2.45) is 4.99 Å². The molecule has 1 heterocycles. The van der Waals surface area contributed by atoms with E-state index in [9.17, 15) is 9.59 Å². The largest absolute Gasteiger partial charge is 0.294 e. The molecule has 0 saturated heterocycles. The van der Waals surface area contributed by atoms with Crippen LogP contribution in [0.25, 0.3) is 0 Å². The summed E-state index contributed by atoms with van der Waals surface area (Å²) in [5.41, 5.74) is 1.19. The molecule has 0 N–H and O–H groups in total. The molecule has 0 bridgehead atoms. The maximum absolute atomic E-state index is 11.0. The maximum atomic E-state index is 11.0. The number of hydrogen-bond donors (Lipinski definition) is 0. The average molecular weight is 147 g/mol. The minimum absolute atomic E-state index is 0.0254. The van der Waals surface area contributed by atoms with Gasteiger partial charge in [0.25, 0.3) is 0 Å². The van der Waals surface area contributed by atoms with Gasteiger partial charge in [-0.25, -0.2) is 0 Å². The number of aliphatic imine (C=N–C) groups is 1. The fraction of sp³-hybridized carbons (Fsp3) is 0.125. The zero-order chi connectivity index (χ0) is 7.84. The van der Waals surface area contributed by atoms with Gasteiger partial charge in [0.2, 0.25) is 5.78 Å². The smallest absolute Gasteiger partial charge is 0.202 e. The molecule has 0 aromatic heterocycles. The Morgan fingerprint density at radius 1 is 1.27 bits per heavy atom. The van der Waals surface area contributed by atoms with E-state index in [-0.39, 0.29) is 18.0 Å². The van der Waals surface area contributed by atoms with Crippen LogP contribution in [0, 0.1) is 0 Å². The van der Waals surface area contributed by atoms with E-state index in [0.717, 1.165) is 0 Å². The van der Waals surface area contributed by atoms with Crippen molar-refractivity contribution < 1.29 is 9.59 Å². The van der Waals surface area contributed by atoms with Crippen LogP contribution in [-0.4, -0.2) is 17.8 Å². The summed E-state index contributed by atoms with van der Waals surface area (Å²) < 4.78 is 0. The van der Waals surface area contributed by atoms with Gasteiger partial charge >= 0.3 is 0 Å². The Hall–Kier alpha value is -1.51. The van der Waals surface area contributed by atoms with E-state index in [1.165, 1.54) is 12.3 Å². The molecule has 0 aromatic rings. The zero-order valence-electron chi connectivity index (χ0n) is 5.70. The van der Waals surface area contributed by atoms with Gasteiger partial charge in [0.1, 0.15) is 0 Å². The Morgan fingerprint density at radius 2 is 2.09 bits per heavy atom. The molecule has 0 aromatic carbocycles. The van der Waals surface area contributed by atoms with Crippen LogP contribution in [-0.2, 0) is 9.59 Å². The molecule has 2 rings (SSSR count). The van der Waals surface area contributed by atoms with Gasteiger partial charge in [0.15, 0.2) is 5.78 Å². The van der Waals surface area contributed by atoms with Crippen LogP contribution in [0.4, 0.5) is 0 Å². The van der Waals surface area contributed by atoms with E-state index in [0.29, 0.717) is 11.3 Å². The number of allylic oxidation sites excluding steroid dienone is 3. The molecule has 1 aliphatic carbocycles. The van der Waals surface area contributed by atoms with Crippen LogP contribution >= 0.6 is 0 Å². The molecular formula is C8H5NO2.